The monoisotopic (exact) mass is 407 g/mol. The Hall–Kier alpha value is -4.01. The summed E-state index contributed by atoms with van der Waals surface area (Å²) in [6.07, 6.45) is 1.14. The molecule has 0 spiro atoms. The summed E-state index contributed by atoms with van der Waals surface area (Å²) in [5.74, 6) is -0.990. The summed E-state index contributed by atoms with van der Waals surface area (Å²) < 4.78 is 14.9. The number of nitrogens with zero attached hydrogens (tertiary/aromatic N) is 3. The van der Waals surface area contributed by atoms with Gasteiger partial charge in [0, 0.05) is 30.9 Å². The molecular formula is C21H18FN5O3. The van der Waals surface area contributed by atoms with Crippen molar-refractivity contribution in [1.29, 1.82) is 0 Å². The number of aromatic nitrogens is 2. The van der Waals surface area contributed by atoms with Crippen molar-refractivity contribution >= 4 is 23.2 Å². The number of hydrogen-bond donors (Lipinski definition) is 2. The van der Waals surface area contributed by atoms with E-state index in [0.717, 1.165) is 5.69 Å². The molecule has 1 aliphatic heterocycles. The minimum absolute atomic E-state index is 0.253. The average Bonchev–Trinajstić information content (AvgIpc) is 3.44. The zero-order valence-electron chi connectivity index (χ0n) is 16.0. The average molecular weight is 407 g/mol. The van der Waals surface area contributed by atoms with Crippen LogP contribution in [0.3, 0.4) is 0 Å². The van der Waals surface area contributed by atoms with Crippen LogP contribution in [0.25, 0.3) is 5.69 Å². The Morgan fingerprint density at radius 2 is 1.97 bits per heavy atom. The number of anilines is 1. The van der Waals surface area contributed by atoms with Gasteiger partial charge in [-0.25, -0.2) is 9.07 Å². The molecule has 0 radical (unpaired) electrons. The number of benzene rings is 2. The van der Waals surface area contributed by atoms with Crippen LogP contribution in [0, 0.1) is 5.82 Å². The van der Waals surface area contributed by atoms with E-state index in [0.29, 0.717) is 22.7 Å². The highest BCUT2D eigenvalue weighted by Crippen LogP contribution is 2.20. The third kappa shape index (κ3) is 4.04. The molecule has 0 saturated carbocycles. The standard InChI is InChI=1S/C21H18FN5O3/c1-23-20(28)17-9-10-27(25-17)16-7-5-15(6-8-16)24-21(29)19-12-18(26-30-19)13-3-2-4-14(22)11-13/h2-11,19H,12H2,1H3,(H,23,28)(H,24,29)/t19-/m0/s1. The maximum absolute atomic E-state index is 13.4. The van der Waals surface area contributed by atoms with E-state index < -0.39 is 6.10 Å². The summed E-state index contributed by atoms with van der Waals surface area (Å²) in [5.41, 5.74) is 2.73. The Morgan fingerprint density at radius 1 is 1.17 bits per heavy atom. The van der Waals surface area contributed by atoms with Gasteiger partial charge in [0.15, 0.2) is 5.69 Å². The highest BCUT2D eigenvalue weighted by Gasteiger charge is 2.29. The summed E-state index contributed by atoms with van der Waals surface area (Å²) in [6.45, 7) is 0. The van der Waals surface area contributed by atoms with Crippen molar-refractivity contribution < 1.29 is 18.8 Å². The van der Waals surface area contributed by atoms with Crippen LogP contribution in [0.1, 0.15) is 22.5 Å². The topological polar surface area (TPSA) is 97.6 Å². The minimum atomic E-state index is -0.788. The van der Waals surface area contributed by atoms with E-state index in [-0.39, 0.29) is 24.1 Å². The lowest BCUT2D eigenvalue weighted by Crippen LogP contribution is -2.28. The number of oxime groups is 1. The predicted octanol–water partition coefficient (Wildman–Crippen LogP) is 2.50. The molecule has 4 rings (SSSR count). The second-order valence-corrected chi connectivity index (χ2v) is 6.61. The first-order valence-corrected chi connectivity index (χ1v) is 9.21. The Bertz CT molecular complexity index is 1120. The van der Waals surface area contributed by atoms with E-state index in [4.69, 9.17) is 4.84 Å². The molecule has 1 aliphatic rings. The zero-order chi connectivity index (χ0) is 21.1. The first-order chi connectivity index (χ1) is 14.5. The fourth-order valence-corrected chi connectivity index (χ4v) is 2.99. The molecule has 9 heteroatoms. The Labute approximate surface area is 171 Å². The molecule has 2 amide bonds. The maximum Gasteiger partial charge on any atom is 0.271 e. The Kier molecular flexibility index (Phi) is 5.25. The molecule has 0 bridgehead atoms. The van der Waals surface area contributed by atoms with Crippen LogP contribution in [0.15, 0.2) is 65.9 Å². The van der Waals surface area contributed by atoms with Gasteiger partial charge in [-0.15, -0.1) is 0 Å². The summed E-state index contributed by atoms with van der Waals surface area (Å²) in [4.78, 5) is 29.3. The Balaban J connectivity index is 1.37. The van der Waals surface area contributed by atoms with E-state index >= 15 is 0 Å². The van der Waals surface area contributed by atoms with Crippen molar-refractivity contribution in [1.82, 2.24) is 15.1 Å². The predicted molar refractivity (Wildman–Crippen MR) is 108 cm³/mol. The first kappa shape index (κ1) is 19.3. The number of carbonyl (C=O) groups is 2. The minimum Gasteiger partial charge on any atom is -0.382 e. The lowest BCUT2D eigenvalue weighted by molar-refractivity contribution is -0.125. The summed E-state index contributed by atoms with van der Waals surface area (Å²) in [7, 11) is 1.54. The molecule has 2 heterocycles. The van der Waals surface area contributed by atoms with Gasteiger partial charge in [0.05, 0.1) is 11.4 Å². The van der Waals surface area contributed by atoms with Gasteiger partial charge in [-0.2, -0.15) is 5.10 Å². The number of halogens is 1. The van der Waals surface area contributed by atoms with Crippen molar-refractivity contribution in [2.45, 2.75) is 12.5 Å². The number of rotatable bonds is 5. The van der Waals surface area contributed by atoms with Crippen molar-refractivity contribution in [3.63, 3.8) is 0 Å². The quantitative estimate of drug-likeness (QED) is 0.679. The second-order valence-electron chi connectivity index (χ2n) is 6.61. The fraction of sp³-hybridized carbons (Fsp3) is 0.143. The van der Waals surface area contributed by atoms with Crippen molar-refractivity contribution in [2.24, 2.45) is 5.16 Å². The molecule has 152 valence electrons. The van der Waals surface area contributed by atoms with Gasteiger partial charge < -0.3 is 15.5 Å². The van der Waals surface area contributed by atoms with Crippen molar-refractivity contribution in [2.75, 3.05) is 12.4 Å². The van der Waals surface area contributed by atoms with Gasteiger partial charge in [-0.1, -0.05) is 17.3 Å². The molecule has 2 aromatic carbocycles. The van der Waals surface area contributed by atoms with Crippen LogP contribution in [-0.2, 0) is 9.63 Å². The second kappa shape index (κ2) is 8.16. The van der Waals surface area contributed by atoms with Crippen LogP contribution < -0.4 is 10.6 Å². The molecule has 0 aliphatic carbocycles. The van der Waals surface area contributed by atoms with Gasteiger partial charge in [0.1, 0.15) is 5.82 Å². The van der Waals surface area contributed by atoms with E-state index in [1.807, 2.05) is 0 Å². The molecule has 0 fully saturated rings. The van der Waals surface area contributed by atoms with E-state index in [2.05, 4.69) is 20.9 Å². The molecule has 2 N–H and O–H groups in total. The van der Waals surface area contributed by atoms with E-state index in [1.165, 1.54) is 12.1 Å². The van der Waals surface area contributed by atoms with Gasteiger partial charge in [0.2, 0.25) is 6.10 Å². The highest BCUT2D eigenvalue weighted by atomic mass is 19.1. The highest BCUT2D eigenvalue weighted by molar-refractivity contribution is 6.06. The molecule has 8 nitrogen and oxygen atoms in total. The number of nitrogens with one attached hydrogen (secondary N) is 2. The smallest absolute Gasteiger partial charge is 0.271 e. The van der Waals surface area contributed by atoms with Crippen LogP contribution in [0.4, 0.5) is 10.1 Å². The fourth-order valence-electron chi connectivity index (χ4n) is 2.99. The summed E-state index contributed by atoms with van der Waals surface area (Å²) in [5, 5.41) is 13.4. The van der Waals surface area contributed by atoms with E-state index in [1.54, 1.807) is 60.4 Å². The third-order valence-corrected chi connectivity index (χ3v) is 4.57. The van der Waals surface area contributed by atoms with Gasteiger partial charge in [-0.05, 0) is 42.5 Å². The van der Waals surface area contributed by atoms with Gasteiger partial charge in [0.25, 0.3) is 11.8 Å². The largest absolute Gasteiger partial charge is 0.382 e. The molecular weight excluding hydrogens is 389 g/mol. The molecule has 1 aromatic heterocycles. The van der Waals surface area contributed by atoms with Crippen LogP contribution in [-0.4, -0.2) is 40.5 Å². The maximum atomic E-state index is 13.4. The SMILES string of the molecule is CNC(=O)c1ccn(-c2ccc(NC(=O)[C@@H]3CC(c4cccc(F)c4)=NO3)cc2)n1. The number of amides is 2. The normalized spacial score (nSPS) is 15.3. The lowest BCUT2D eigenvalue weighted by Gasteiger charge is -2.10. The summed E-state index contributed by atoms with van der Waals surface area (Å²) in [6, 6.07) is 14.6. The number of carbonyl (C=O) groups excluding carboxylic acids is 2. The van der Waals surface area contributed by atoms with Crippen LogP contribution in [0.5, 0.6) is 0 Å². The lowest BCUT2D eigenvalue weighted by atomic mass is 10.0. The van der Waals surface area contributed by atoms with Gasteiger partial charge >= 0.3 is 0 Å². The molecule has 0 unspecified atom stereocenters. The molecule has 3 aromatic rings. The zero-order valence-corrected chi connectivity index (χ0v) is 16.0. The molecule has 30 heavy (non-hydrogen) atoms. The van der Waals surface area contributed by atoms with Crippen molar-refractivity contribution in [3.8, 4) is 5.69 Å². The van der Waals surface area contributed by atoms with Crippen LogP contribution >= 0.6 is 0 Å². The summed E-state index contributed by atoms with van der Waals surface area (Å²) >= 11 is 0. The van der Waals surface area contributed by atoms with Crippen LogP contribution in [0.2, 0.25) is 0 Å². The molecule has 0 saturated heterocycles. The van der Waals surface area contributed by atoms with E-state index in [9.17, 15) is 14.0 Å². The van der Waals surface area contributed by atoms with Gasteiger partial charge in [-0.3, -0.25) is 9.59 Å². The molecule has 1 atom stereocenters. The number of hydrogen-bond acceptors (Lipinski definition) is 5. The van der Waals surface area contributed by atoms with Crippen molar-refractivity contribution in [3.05, 3.63) is 77.9 Å². The first-order valence-electron chi connectivity index (χ1n) is 9.21. The third-order valence-electron chi connectivity index (χ3n) is 4.57. The Morgan fingerprint density at radius 3 is 2.70 bits per heavy atom.